The molecule has 2 aromatic rings. The van der Waals surface area contributed by atoms with Crippen molar-refractivity contribution in [3.8, 4) is 5.75 Å². The number of nitrogens with one attached hydrogen (secondary N) is 1. The maximum Gasteiger partial charge on any atom is 0.260 e. The average molecular weight is 484 g/mol. The van der Waals surface area contributed by atoms with E-state index in [0.717, 1.165) is 5.56 Å². The Hall–Kier alpha value is -3.13. The smallest absolute Gasteiger partial charge is 0.260 e. The lowest BCUT2D eigenvalue weighted by atomic mass is 9.95. The summed E-state index contributed by atoms with van der Waals surface area (Å²) in [6.07, 6.45) is 1.30. The van der Waals surface area contributed by atoms with Crippen molar-refractivity contribution in [2.45, 2.75) is 45.4 Å². The van der Waals surface area contributed by atoms with Crippen molar-refractivity contribution in [2.24, 2.45) is 5.92 Å². The van der Waals surface area contributed by atoms with Gasteiger partial charge in [0.25, 0.3) is 5.91 Å². The average Bonchev–Trinajstić information content (AvgIpc) is 2.86. The summed E-state index contributed by atoms with van der Waals surface area (Å²) < 4.78 is 26.1. The van der Waals surface area contributed by atoms with Crippen molar-refractivity contribution in [2.75, 3.05) is 37.7 Å². The first kappa shape index (κ1) is 25.0. The molecular weight excluding hydrogens is 449 g/mol. The number of carbonyl (C=O) groups is 2. The van der Waals surface area contributed by atoms with Gasteiger partial charge in [0.2, 0.25) is 5.91 Å². The Balaban J connectivity index is 1.21. The number of ether oxygens (including phenoxy) is 2. The Morgan fingerprint density at radius 3 is 2.40 bits per heavy atom. The molecule has 0 saturated carbocycles. The number of hydrogen-bond acceptors (Lipinski definition) is 5. The lowest BCUT2D eigenvalue weighted by molar-refractivity contribution is -0.137. The van der Waals surface area contributed by atoms with Crippen molar-refractivity contribution in [3.05, 3.63) is 59.9 Å². The third-order valence-corrected chi connectivity index (χ3v) is 6.56. The topological polar surface area (TPSA) is 71.1 Å². The molecule has 2 aromatic carbocycles. The van der Waals surface area contributed by atoms with Gasteiger partial charge in [0.05, 0.1) is 17.9 Å². The van der Waals surface area contributed by atoms with Gasteiger partial charge in [0.1, 0.15) is 11.6 Å². The highest BCUT2D eigenvalue weighted by molar-refractivity contribution is 5.80. The van der Waals surface area contributed by atoms with E-state index >= 15 is 0 Å². The molecule has 2 amide bonds. The first-order valence-electron chi connectivity index (χ1n) is 12.3. The van der Waals surface area contributed by atoms with Crippen LogP contribution in [-0.4, -0.2) is 61.7 Å². The third kappa shape index (κ3) is 6.72. The molecule has 7 nitrogen and oxygen atoms in total. The molecule has 0 radical (unpaired) electrons. The monoisotopic (exact) mass is 483 g/mol. The summed E-state index contributed by atoms with van der Waals surface area (Å²) in [5.74, 6) is 0.0797. The van der Waals surface area contributed by atoms with Crippen molar-refractivity contribution >= 4 is 17.5 Å². The maximum atomic E-state index is 14.8. The fourth-order valence-corrected chi connectivity index (χ4v) is 4.77. The summed E-state index contributed by atoms with van der Waals surface area (Å²) >= 11 is 0. The number of anilines is 1. The number of amides is 2. The van der Waals surface area contributed by atoms with E-state index in [2.05, 4.69) is 5.32 Å². The number of rotatable bonds is 7. The van der Waals surface area contributed by atoms with Gasteiger partial charge in [0.15, 0.2) is 6.61 Å². The Labute approximate surface area is 206 Å². The van der Waals surface area contributed by atoms with Crippen LogP contribution in [0.2, 0.25) is 0 Å². The minimum atomic E-state index is -0.289. The van der Waals surface area contributed by atoms with Crippen LogP contribution in [0.25, 0.3) is 0 Å². The number of halogens is 1. The molecule has 2 aliphatic rings. The second-order valence-electron chi connectivity index (χ2n) is 9.42. The van der Waals surface area contributed by atoms with Crippen LogP contribution in [0.4, 0.5) is 10.1 Å². The molecule has 0 aliphatic carbocycles. The van der Waals surface area contributed by atoms with Gasteiger partial charge >= 0.3 is 0 Å². The predicted octanol–water partition coefficient (Wildman–Crippen LogP) is 3.37. The minimum absolute atomic E-state index is 0.00921. The Bertz CT molecular complexity index is 1000. The van der Waals surface area contributed by atoms with Crippen LogP contribution < -0.4 is 15.0 Å². The zero-order valence-electron chi connectivity index (χ0n) is 20.4. The zero-order valence-corrected chi connectivity index (χ0v) is 20.4. The van der Waals surface area contributed by atoms with Crippen molar-refractivity contribution in [1.29, 1.82) is 0 Å². The summed E-state index contributed by atoms with van der Waals surface area (Å²) in [5, 5.41) is 2.93. The van der Waals surface area contributed by atoms with E-state index in [9.17, 15) is 14.0 Å². The Kier molecular flexibility index (Phi) is 8.23. The van der Waals surface area contributed by atoms with Crippen LogP contribution in [0.1, 0.15) is 32.3 Å². The number of benzene rings is 2. The van der Waals surface area contributed by atoms with Gasteiger partial charge in [0, 0.05) is 38.6 Å². The summed E-state index contributed by atoms with van der Waals surface area (Å²) in [6.45, 7) is 6.59. The number of piperidine rings is 1. The first-order valence-corrected chi connectivity index (χ1v) is 12.3. The van der Waals surface area contributed by atoms with Crippen LogP contribution in [0.5, 0.6) is 5.75 Å². The van der Waals surface area contributed by atoms with Gasteiger partial charge in [-0.15, -0.1) is 0 Å². The minimum Gasteiger partial charge on any atom is -0.484 e. The molecule has 2 atom stereocenters. The molecule has 2 heterocycles. The van der Waals surface area contributed by atoms with E-state index in [1.54, 1.807) is 11.0 Å². The quantitative estimate of drug-likeness (QED) is 0.654. The molecule has 2 aliphatic heterocycles. The molecule has 35 heavy (non-hydrogen) atoms. The lowest BCUT2D eigenvalue weighted by Gasteiger charge is -2.37. The maximum absolute atomic E-state index is 14.8. The van der Waals surface area contributed by atoms with E-state index in [1.165, 1.54) is 6.07 Å². The molecule has 2 fully saturated rings. The molecule has 0 aromatic heterocycles. The largest absolute Gasteiger partial charge is 0.484 e. The van der Waals surface area contributed by atoms with E-state index in [-0.39, 0.29) is 48.9 Å². The molecule has 4 rings (SSSR count). The highest BCUT2D eigenvalue weighted by atomic mass is 19.1. The van der Waals surface area contributed by atoms with E-state index in [4.69, 9.17) is 9.47 Å². The lowest BCUT2D eigenvalue weighted by Crippen LogP contribution is -2.45. The summed E-state index contributed by atoms with van der Waals surface area (Å²) in [5.41, 5.74) is 1.29. The van der Waals surface area contributed by atoms with E-state index in [1.807, 2.05) is 55.1 Å². The standard InChI is InChI=1S/C27H34FN3O4/c1-19-16-31(17-20(2)35-19)25-9-8-21(14-24(25)28)15-29-27(33)22-10-12-30(13-11-22)26(32)18-34-23-6-4-3-5-7-23/h3-9,14,19-20,22H,10-13,15-18H2,1-2H3,(H,29,33). The fourth-order valence-electron chi connectivity index (χ4n) is 4.77. The number of para-hydroxylation sites is 1. The molecule has 0 bridgehead atoms. The molecular formula is C27H34FN3O4. The van der Waals surface area contributed by atoms with E-state index in [0.29, 0.717) is 50.5 Å². The number of likely N-dealkylation sites (tertiary alicyclic amines) is 1. The van der Waals surface area contributed by atoms with Gasteiger partial charge in [-0.2, -0.15) is 0 Å². The third-order valence-electron chi connectivity index (χ3n) is 6.56. The molecule has 8 heteroatoms. The van der Waals surface area contributed by atoms with Crippen molar-refractivity contribution in [1.82, 2.24) is 10.2 Å². The van der Waals surface area contributed by atoms with Crippen LogP contribution >= 0.6 is 0 Å². The van der Waals surface area contributed by atoms with Crippen molar-refractivity contribution in [3.63, 3.8) is 0 Å². The molecule has 188 valence electrons. The summed E-state index contributed by atoms with van der Waals surface area (Å²) in [4.78, 5) is 28.9. The van der Waals surface area contributed by atoms with Gasteiger partial charge in [-0.1, -0.05) is 24.3 Å². The van der Waals surface area contributed by atoms with Crippen LogP contribution in [0, 0.1) is 11.7 Å². The van der Waals surface area contributed by atoms with Crippen LogP contribution in [-0.2, 0) is 20.9 Å². The normalized spacial score (nSPS) is 21.0. The highest BCUT2D eigenvalue weighted by Crippen LogP contribution is 2.25. The number of hydrogen-bond donors (Lipinski definition) is 1. The summed E-state index contributed by atoms with van der Waals surface area (Å²) in [7, 11) is 0. The van der Waals surface area contributed by atoms with Crippen LogP contribution in [0.15, 0.2) is 48.5 Å². The first-order chi connectivity index (χ1) is 16.9. The molecule has 0 spiro atoms. The van der Waals surface area contributed by atoms with Gasteiger partial charge in [-0.05, 0) is 56.5 Å². The summed E-state index contributed by atoms with van der Waals surface area (Å²) in [6, 6.07) is 14.4. The van der Waals surface area contributed by atoms with Gasteiger partial charge in [-0.25, -0.2) is 4.39 Å². The SMILES string of the molecule is CC1CN(c2ccc(CNC(=O)C3CCN(C(=O)COc4ccccc4)CC3)cc2F)CC(C)O1. The Morgan fingerprint density at radius 1 is 1.06 bits per heavy atom. The van der Waals surface area contributed by atoms with Crippen LogP contribution in [0.3, 0.4) is 0 Å². The molecule has 2 unspecified atom stereocenters. The molecule has 2 saturated heterocycles. The van der Waals surface area contributed by atoms with E-state index < -0.39 is 0 Å². The fraction of sp³-hybridized carbons (Fsp3) is 0.481. The van der Waals surface area contributed by atoms with Crippen molar-refractivity contribution < 1.29 is 23.5 Å². The van der Waals surface area contributed by atoms with Gasteiger partial charge in [-0.3, -0.25) is 9.59 Å². The highest BCUT2D eigenvalue weighted by Gasteiger charge is 2.28. The second kappa shape index (κ2) is 11.5. The number of morpholine rings is 1. The number of carbonyl (C=O) groups excluding carboxylic acids is 2. The van der Waals surface area contributed by atoms with Gasteiger partial charge < -0.3 is 24.6 Å². The molecule has 1 N–H and O–H groups in total. The Morgan fingerprint density at radius 2 is 1.74 bits per heavy atom. The zero-order chi connectivity index (χ0) is 24.8. The second-order valence-corrected chi connectivity index (χ2v) is 9.42. The predicted molar refractivity (Wildman–Crippen MR) is 132 cm³/mol. The number of nitrogens with zero attached hydrogens (tertiary/aromatic N) is 2.